The molecule has 0 amide bonds. The number of thiophene rings is 1. The van der Waals surface area contributed by atoms with Crippen molar-refractivity contribution in [3.8, 4) is 39.1 Å². The van der Waals surface area contributed by atoms with Crippen molar-refractivity contribution in [2.45, 2.75) is 0 Å². The summed E-state index contributed by atoms with van der Waals surface area (Å²) in [7, 11) is 0. The van der Waals surface area contributed by atoms with Crippen molar-refractivity contribution in [3.63, 3.8) is 0 Å². The summed E-state index contributed by atoms with van der Waals surface area (Å²) in [5.74, 6) is 0. The third kappa shape index (κ3) is 4.17. The smallest absolute Gasteiger partial charge is 0.0541 e. The van der Waals surface area contributed by atoms with Gasteiger partial charge in [0.25, 0.3) is 0 Å². The van der Waals surface area contributed by atoms with Gasteiger partial charge in [0.2, 0.25) is 0 Å². The highest BCUT2D eigenvalue weighted by Gasteiger charge is 2.19. The molecule has 0 fully saturated rings. The molecule has 0 aliphatic rings. The molecule has 0 N–H and O–H groups in total. The number of benzene rings is 8. The number of nitrogens with zero attached hydrogens (tertiary/aromatic N) is 1. The molecule has 0 aliphatic heterocycles. The molecular weight excluding hydrogens is 599 g/mol. The van der Waals surface area contributed by atoms with Crippen LogP contribution in [0.2, 0.25) is 0 Å². The van der Waals surface area contributed by atoms with E-state index in [1.54, 1.807) is 0 Å². The summed E-state index contributed by atoms with van der Waals surface area (Å²) >= 11 is 1.89. The lowest BCUT2D eigenvalue weighted by Gasteiger charge is -2.17. The second-order valence-corrected chi connectivity index (χ2v) is 13.5. The maximum absolute atomic E-state index is 2.46. The van der Waals surface area contributed by atoms with Crippen LogP contribution in [0.15, 0.2) is 176 Å². The van der Waals surface area contributed by atoms with Crippen molar-refractivity contribution in [3.05, 3.63) is 176 Å². The molecule has 224 valence electrons. The van der Waals surface area contributed by atoms with Crippen LogP contribution in [-0.2, 0) is 0 Å². The molecule has 8 aromatic carbocycles. The molecule has 0 radical (unpaired) electrons. The van der Waals surface area contributed by atoms with E-state index in [-0.39, 0.29) is 0 Å². The summed E-state index contributed by atoms with van der Waals surface area (Å²) in [6.07, 6.45) is 0. The van der Waals surface area contributed by atoms with E-state index in [1.807, 2.05) is 11.3 Å². The first kappa shape index (κ1) is 27.2. The van der Waals surface area contributed by atoms with E-state index in [0.717, 1.165) is 0 Å². The first-order valence-electron chi connectivity index (χ1n) is 16.4. The minimum absolute atomic E-state index is 1.18. The van der Waals surface area contributed by atoms with Gasteiger partial charge in [-0.15, -0.1) is 11.3 Å². The third-order valence-electron chi connectivity index (χ3n) is 9.81. The normalized spacial score (nSPS) is 11.8. The van der Waals surface area contributed by atoms with Crippen LogP contribution in [0.4, 0.5) is 0 Å². The Morgan fingerprint density at radius 2 is 0.958 bits per heavy atom. The molecule has 0 bridgehead atoms. The van der Waals surface area contributed by atoms with Crippen LogP contribution >= 0.6 is 11.3 Å². The number of aromatic nitrogens is 1. The van der Waals surface area contributed by atoms with Crippen LogP contribution in [0.1, 0.15) is 0 Å². The summed E-state index contributed by atoms with van der Waals surface area (Å²) in [5, 5.41) is 7.69. The van der Waals surface area contributed by atoms with E-state index in [0.29, 0.717) is 0 Å². The average molecular weight is 628 g/mol. The minimum Gasteiger partial charge on any atom is -0.309 e. The highest BCUT2D eigenvalue weighted by Crippen LogP contribution is 2.44. The van der Waals surface area contributed by atoms with Gasteiger partial charge in [0.15, 0.2) is 0 Å². The number of para-hydroxylation sites is 2. The summed E-state index contributed by atoms with van der Waals surface area (Å²) in [6, 6.07) is 64.4. The minimum atomic E-state index is 1.18. The van der Waals surface area contributed by atoms with Crippen molar-refractivity contribution in [2.24, 2.45) is 0 Å². The van der Waals surface area contributed by atoms with Crippen molar-refractivity contribution >= 4 is 64.1 Å². The molecule has 10 aromatic rings. The Balaban J connectivity index is 1.19. The quantitative estimate of drug-likeness (QED) is 0.183. The zero-order chi connectivity index (χ0) is 31.6. The molecule has 0 spiro atoms. The average Bonchev–Trinajstić information content (AvgIpc) is 3.70. The van der Waals surface area contributed by atoms with E-state index in [2.05, 4.69) is 180 Å². The molecule has 10 rings (SSSR count). The molecule has 2 heteroatoms. The fraction of sp³-hybridized carbons (Fsp3) is 0. The Hall–Kier alpha value is -5.96. The maximum atomic E-state index is 2.46. The molecule has 0 saturated heterocycles. The van der Waals surface area contributed by atoms with Crippen LogP contribution in [-0.4, -0.2) is 4.57 Å². The molecule has 0 saturated carbocycles. The van der Waals surface area contributed by atoms with Gasteiger partial charge < -0.3 is 4.57 Å². The van der Waals surface area contributed by atoms with Crippen LogP contribution in [0.25, 0.3) is 91.8 Å². The summed E-state index contributed by atoms with van der Waals surface area (Å²) < 4.78 is 5.12. The Labute approximate surface area is 282 Å². The SMILES string of the molecule is c1ccc(-c2cccc3c2sc2ccccc23)c(-c2ccccc2-n2c3ccccc3c3cc(-c4ccc5ccccc5c4)ccc32)c1. The Morgan fingerprint density at radius 3 is 1.85 bits per heavy atom. The second kappa shape index (κ2) is 10.8. The Kier molecular flexibility index (Phi) is 6.12. The number of fused-ring (bicyclic) bond motifs is 7. The summed E-state index contributed by atoms with van der Waals surface area (Å²) in [6.45, 7) is 0. The fourth-order valence-corrected chi connectivity index (χ4v) is 8.82. The fourth-order valence-electron chi connectivity index (χ4n) is 7.59. The van der Waals surface area contributed by atoms with Crippen molar-refractivity contribution in [1.82, 2.24) is 4.57 Å². The third-order valence-corrected chi connectivity index (χ3v) is 11.0. The van der Waals surface area contributed by atoms with Gasteiger partial charge in [-0.1, -0.05) is 140 Å². The van der Waals surface area contributed by atoms with E-state index in [4.69, 9.17) is 0 Å². The molecule has 2 heterocycles. The zero-order valence-electron chi connectivity index (χ0n) is 26.1. The number of hydrogen-bond acceptors (Lipinski definition) is 1. The topological polar surface area (TPSA) is 4.93 Å². The number of rotatable bonds is 4. The number of hydrogen-bond donors (Lipinski definition) is 0. The molecule has 2 aromatic heterocycles. The van der Waals surface area contributed by atoms with Crippen LogP contribution in [0.3, 0.4) is 0 Å². The van der Waals surface area contributed by atoms with Gasteiger partial charge in [-0.3, -0.25) is 0 Å². The molecule has 48 heavy (non-hydrogen) atoms. The maximum Gasteiger partial charge on any atom is 0.0541 e. The van der Waals surface area contributed by atoms with Crippen molar-refractivity contribution in [2.75, 3.05) is 0 Å². The standard InChI is InChI=1S/C46H29NS/c1-2-13-31-28-32(25-24-30(31)12-1)33-26-27-44-41(29-33)37-17-6-9-22-43(37)47(44)42-21-8-5-16-36(42)34-14-3-4-15-35(34)39-19-11-20-40-38-18-7-10-23-45(38)48-46(39)40/h1-29H. The molecule has 0 unspecified atom stereocenters. The highest BCUT2D eigenvalue weighted by atomic mass is 32.1. The highest BCUT2D eigenvalue weighted by molar-refractivity contribution is 7.26. The molecule has 0 aliphatic carbocycles. The monoisotopic (exact) mass is 627 g/mol. The Bertz CT molecular complexity index is 2850. The van der Waals surface area contributed by atoms with Gasteiger partial charge in [0.05, 0.1) is 16.7 Å². The van der Waals surface area contributed by atoms with Crippen LogP contribution in [0, 0.1) is 0 Å². The molecular formula is C46H29NS. The zero-order valence-corrected chi connectivity index (χ0v) is 26.9. The van der Waals surface area contributed by atoms with Crippen molar-refractivity contribution in [1.29, 1.82) is 0 Å². The van der Waals surface area contributed by atoms with Gasteiger partial charge in [-0.2, -0.15) is 0 Å². The lowest BCUT2D eigenvalue weighted by Crippen LogP contribution is -1.98. The lowest BCUT2D eigenvalue weighted by molar-refractivity contribution is 1.18. The van der Waals surface area contributed by atoms with Gasteiger partial charge in [0, 0.05) is 42.1 Å². The van der Waals surface area contributed by atoms with Crippen LogP contribution in [0.5, 0.6) is 0 Å². The van der Waals surface area contributed by atoms with E-state index in [9.17, 15) is 0 Å². The molecule has 0 atom stereocenters. The first-order chi connectivity index (χ1) is 23.8. The van der Waals surface area contributed by atoms with E-state index >= 15 is 0 Å². The summed E-state index contributed by atoms with van der Waals surface area (Å²) in [4.78, 5) is 0. The van der Waals surface area contributed by atoms with E-state index < -0.39 is 0 Å². The van der Waals surface area contributed by atoms with Gasteiger partial charge in [0.1, 0.15) is 0 Å². The van der Waals surface area contributed by atoms with Gasteiger partial charge in [-0.05, 0) is 69.4 Å². The predicted molar refractivity (Wildman–Crippen MR) is 207 cm³/mol. The predicted octanol–water partition coefficient (Wildman–Crippen LogP) is 13.3. The van der Waals surface area contributed by atoms with Gasteiger partial charge in [-0.25, -0.2) is 0 Å². The lowest BCUT2D eigenvalue weighted by atomic mass is 9.92. The van der Waals surface area contributed by atoms with Gasteiger partial charge >= 0.3 is 0 Å². The van der Waals surface area contributed by atoms with Crippen LogP contribution < -0.4 is 0 Å². The summed E-state index contributed by atoms with van der Waals surface area (Å²) in [5.41, 5.74) is 11.0. The van der Waals surface area contributed by atoms with Crippen molar-refractivity contribution < 1.29 is 0 Å². The molecule has 1 nitrogen and oxygen atoms in total. The van der Waals surface area contributed by atoms with E-state index in [1.165, 1.54) is 91.8 Å². The largest absolute Gasteiger partial charge is 0.309 e. The first-order valence-corrected chi connectivity index (χ1v) is 17.3. The second-order valence-electron chi connectivity index (χ2n) is 12.5. The Morgan fingerprint density at radius 1 is 0.354 bits per heavy atom.